The first-order valence-electron chi connectivity index (χ1n) is 5.49. The number of pyridine rings is 1. The van der Waals surface area contributed by atoms with Crippen LogP contribution in [0.1, 0.15) is 0 Å². The number of halogens is 2. The van der Waals surface area contributed by atoms with Gasteiger partial charge in [-0.1, -0.05) is 11.6 Å². The molecule has 0 unspecified atom stereocenters. The highest BCUT2D eigenvalue weighted by molar-refractivity contribution is 6.29. The van der Waals surface area contributed by atoms with Gasteiger partial charge in [0.1, 0.15) is 22.2 Å². The van der Waals surface area contributed by atoms with E-state index in [0.717, 1.165) is 0 Å². The van der Waals surface area contributed by atoms with Crippen molar-refractivity contribution in [2.45, 2.75) is 0 Å². The fourth-order valence-electron chi connectivity index (χ4n) is 1.82. The first-order chi connectivity index (χ1) is 9.13. The third kappa shape index (κ3) is 2.20. The lowest BCUT2D eigenvalue weighted by Gasteiger charge is -2.06. The van der Waals surface area contributed by atoms with Gasteiger partial charge in [-0.3, -0.25) is 0 Å². The zero-order valence-electron chi connectivity index (χ0n) is 9.64. The molecule has 0 aliphatic heterocycles. The van der Waals surface area contributed by atoms with E-state index in [2.05, 4.69) is 15.0 Å². The zero-order chi connectivity index (χ0) is 13.4. The Hall–Kier alpha value is -2.27. The fourth-order valence-corrected chi connectivity index (χ4v) is 1.96. The molecule has 0 aliphatic carbocycles. The Bertz CT molecular complexity index is 758. The van der Waals surface area contributed by atoms with Crippen molar-refractivity contribution < 1.29 is 4.39 Å². The van der Waals surface area contributed by atoms with E-state index >= 15 is 0 Å². The van der Waals surface area contributed by atoms with Gasteiger partial charge >= 0.3 is 0 Å². The fraction of sp³-hybridized carbons (Fsp3) is 0. The van der Waals surface area contributed by atoms with Crippen LogP contribution in [0.15, 0.2) is 36.4 Å². The molecule has 0 saturated carbocycles. The Morgan fingerprint density at radius 2 is 1.68 bits per heavy atom. The predicted molar refractivity (Wildman–Crippen MR) is 72.1 cm³/mol. The van der Waals surface area contributed by atoms with Gasteiger partial charge < -0.3 is 5.73 Å². The number of benzene rings is 1. The molecule has 0 spiro atoms. The number of aromatic nitrogens is 3. The molecule has 1 aromatic carbocycles. The van der Waals surface area contributed by atoms with Crippen molar-refractivity contribution >= 4 is 28.6 Å². The molecule has 0 amide bonds. The molecular weight excluding hydrogens is 267 g/mol. The quantitative estimate of drug-likeness (QED) is 0.693. The van der Waals surface area contributed by atoms with Crippen molar-refractivity contribution in [3.63, 3.8) is 0 Å². The summed E-state index contributed by atoms with van der Waals surface area (Å²) in [4.78, 5) is 12.5. The Labute approximate surface area is 113 Å². The van der Waals surface area contributed by atoms with Gasteiger partial charge in [0.2, 0.25) is 5.95 Å². The topological polar surface area (TPSA) is 64.7 Å². The summed E-state index contributed by atoms with van der Waals surface area (Å²) in [6, 6.07) is 9.27. The molecule has 0 radical (unpaired) electrons. The maximum Gasteiger partial charge on any atom is 0.221 e. The van der Waals surface area contributed by atoms with Crippen molar-refractivity contribution in [3.8, 4) is 11.3 Å². The summed E-state index contributed by atoms with van der Waals surface area (Å²) < 4.78 is 13.0. The second-order valence-electron chi connectivity index (χ2n) is 3.94. The number of anilines is 1. The first kappa shape index (κ1) is 11.8. The number of fused-ring (bicyclic) bond motifs is 1. The molecule has 2 N–H and O–H groups in total. The molecule has 2 heterocycles. The summed E-state index contributed by atoms with van der Waals surface area (Å²) in [5.74, 6) is -0.183. The highest BCUT2D eigenvalue weighted by Gasteiger charge is 2.10. The third-order valence-electron chi connectivity index (χ3n) is 2.64. The van der Waals surface area contributed by atoms with Gasteiger partial charge in [0.15, 0.2) is 0 Å². The minimum absolute atomic E-state index is 0.135. The second kappa shape index (κ2) is 4.44. The second-order valence-corrected chi connectivity index (χ2v) is 4.33. The molecule has 2 aromatic heterocycles. The standard InChI is InChI=1S/C13H8ClFN4/c14-10-6-5-9-12(18-10)11(19-13(16)17-9)7-1-3-8(15)4-2-7/h1-6H,(H2,16,17,19). The smallest absolute Gasteiger partial charge is 0.221 e. The van der Waals surface area contributed by atoms with Gasteiger partial charge in [-0.25, -0.2) is 19.3 Å². The van der Waals surface area contributed by atoms with Gasteiger partial charge in [-0.05, 0) is 36.4 Å². The van der Waals surface area contributed by atoms with E-state index in [1.54, 1.807) is 24.3 Å². The van der Waals surface area contributed by atoms with Crippen LogP contribution in [-0.2, 0) is 0 Å². The van der Waals surface area contributed by atoms with Gasteiger partial charge in [0, 0.05) is 5.56 Å². The van der Waals surface area contributed by atoms with Crippen molar-refractivity contribution in [1.29, 1.82) is 0 Å². The van der Waals surface area contributed by atoms with Crippen molar-refractivity contribution in [1.82, 2.24) is 15.0 Å². The van der Waals surface area contributed by atoms with E-state index in [1.807, 2.05) is 0 Å². The average molecular weight is 275 g/mol. The molecule has 94 valence electrons. The molecular formula is C13H8ClFN4. The van der Waals surface area contributed by atoms with Gasteiger partial charge in [0.05, 0.1) is 5.52 Å². The van der Waals surface area contributed by atoms with E-state index in [4.69, 9.17) is 17.3 Å². The van der Waals surface area contributed by atoms with E-state index in [1.165, 1.54) is 12.1 Å². The molecule has 19 heavy (non-hydrogen) atoms. The van der Waals surface area contributed by atoms with Crippen LogP contribution in [0.5, 0.6) is 0 Å². The number of hydrogen-bond donors (Lipinski definition) is 1. The first-order valence-corrected chi connectivity index (χ1v) is 5.87. The molecule has 0 atom stereocenters. The third-order valence-corrected chi connectivity index (χ3v) is 2.85. The molecule has 0 fully saturated rings. The van der Waals surface area contributed by atoms with Crippen molar-refractivity contribution in [2.75, 3.05) is 5.73 Å². The van der Waals surface area contributed by atoms with Crippen LogP contribution in [0.3, 0.4) is 0 Å². The minimum atomic E-state index is -0.318. The Morgan fingerprint density at radius 3 is 2.42 bits per heavy atom. The van der Waals surface area contributed by atoms with Crippen LogP contribution in [0, 0.1) is 5.82 Å². The molecule has 4 nitrogen and oxygen atoms in total. The van der Waals surface area contributed by atoms with Gasteiger partial charge in [-0.15, -0.1) is 0 Å². The predicted octanol–water partition coefficient (Wildman–Crippen LogP) is 3.07. The van der Waals surface area contributed by atoms with Crippen molar-refractivity contribution in [2.24, 2.45) is 0 Å². The van der Waals surface area contributed by atoms with Crippen molar-refractivity contribution in [3.05, 3.63) is 47.4 Å². The van der Waals surface area contributed by atoms with Crippen LogP contribution < -0.4 is 5.73 Å². The van der Waals surface area contributed by atoms with E-state index in [9.17, 15) is 4.39 Å². The molecule has 3 aromatic rings. The summed E-state index contributed by atoms with van der Waals surface area (Å²) in [5.41, 5.74) is 8.04. The molecule has 0 bridgehead atoms. The molecule has 0 aliphatic rings. The molecule has 6 heteroatoms. The summed E-state index contributed by atoms with van der Waals surface area (Å²) >= 11 is 5.89. The zero-order valence-corrected chi connectivity index (χ0v) is 10.4. The maximum absolute atomic E-state index is 13.0. The number of rotatable bonds is 1. The Balaban J connectivity index is 2.32. The summed E-state index contributed by atoms with van der Waals surface area (Å²) in [6.45, 7) is 0. The highest BCUT2D eigenvalue weighted by Crippen LogP contribution is 2.26. The van der Waals surface area contributed by atoms with Crippen LogP contribution in [0.4, 0.5) is 10.3 Å². The van der Waals surface area contributed by atoms with Gasteiger partial charge in [-0.2, -0.15) is 0 Å². The molecule has 3 rings (SSSR count). The number of hydrogen-bond acceptors (Lipinski definition) is 4. The average Bonchev–Trinajstić information content (AvgIpc) is 2.39. The summed E-state index contributed by atoms with van der Waals surface area (Å²) in [7, 11) is 0. The normalized spacial score (nSPS) is 10.8. The number of nitrogens with zero attached hydrogens (tertiary/aromatic N) is 3. The van der Waals surface area contributed by atoms with E-state index in [-0.39, 0.29) is 11.8 Å². The van der Waals surface area contributed by atoms with E-state index < -0.39 is 0 Å². The summed E-state index contributed by atoms with van der Waals surface area (Å²) in [5, 5.41) is 0.337. The minimum Gasteiger partial charge on any atom is -0.368 e. The lowest BCUT2D eigenvalue weighted by molar-refractivity contribution is 0.628. The molecule has 0 saturated heterocycles. The maximum atomic E-state index is 13.0. The lowest BCUT2D eigenvalue weighted by Crippen LogP contribution is -1.99. The SMILES string of the molecule is Nc1nc(-c2ccc(F)cc2)c2nc(Cl)ccc2n1. The lowest BCUT2D eigenvalue weighted by atomic mass is 10.1. The largest absolute Gasteiger partial charge is 0.368 e. The van der Waals surface area contributed by atoms with Crippen LogP contribution in [0.25, 0.3) is 22.3 Å². The number of nitrogens with two attached hydrogens (primary N) is 1. The van der Waals surface area contributed by atoms with Crippen LogP contribution in [0.2, 0.25) is 5.15 Å². The Kier molecular flexibility index (Phi) is 2.76. The highest BCUT2D eigenvalue weighted by atomic mass is 35.5. The Morgan fingerprint density at radius 1 is 0.947 bits per heavy atom. The summed E-state index contributed by atoms with van der Waals surface area (Å²) in [6.07, 6.45) is 0. The van der Waals surface area contributed by atoms with Gasteiger partial charge in [0.25, 0.3) is 0 Å². The van der Waals surface area contributed by atoms with E-state index in [0.29, 0.717) is 27.4 Å². The number of nitrogen functional groups attached to an aromatic ring is 1. The van der Waals surface area contributed by atoms with Crippen LogP contribution >= 0.6 is 11.6 Å². The van der Waals surface area contributed by atoms with Crippen LogP contribution in [-0.4, -0.2) is 15.0 Å². The monoisotopic (exact) mass is 274 g/mol.